The Morgan fingerprint density at radius 1 is 1.14 bits per heavy atom. The summed E-state index contributed by atoms with van der Waals surface area (Å²) in [6.07, 6.45) is 0.924. The van der Waals surface area contributed by atoms with E-state index in [1.165, 1.54) is 19.4 Å². The van der Waals surface area contributed by atoms with E-state index in [0.29, 0.717) is 0 Å². The fourth-order valence-electron chi connectivity index (χ4n) is 3.02. The minimum Gasteiger partial charge on any atom is -0.503 e. The van der Waals surface area contributed by atoms with Crippen molar-refractivity contribution in [3.05, 3.63) is 53.3 Å². The number of nitrogens with zero attached hydrogens (tertiary/aromatic N) is 1. The molecule has 0 saturated carbocycles. The topological polar surface area (TPSA) is 85.7 Å². The Bertz CT molecular complexity index is 849. The highest BCUT2D eigenvalue weighted by atomic mass is 16.5. The van der Waals surface area contributed by atoms with Gasteiger partial charge in [0.2, 0.25) is 0 Å². The molecule has 0 amide bonds. The molecule has 0 unspecified atom stereocenters. The van der Waals surface area contributed by atoms with Crippen LogP contribution in [0.2, 0.25) is 0 Å². The number of carbonyl (C=O) groups excluding carboxylic acids is 2. The van der Waals surface area contributed by atoms with E-state index >= 15 is 0 Å². The van der Waals surface area contributed by atoms with Crippen molar-refractivity contribution in [3.63, 3.8) is 0 Å². The number of ketones is 1. The Labute approximate surface area is 165 Å². The Morgan fingerprint density at radius 2 is 1.82 bits per heavy atom. The van der Waals surface area contributed by atoms with E-state index in [-0.39, 0.29) is 35.6 Å². The first-order valence-electron chi connectivity index (χ1n) is 9.27. The van der Waals surface area contributed by atoms with Crippen LogP contribution in [0.4, 0.5) is 0 Å². The van der Waals surface area contributed by atoms with Crippen molar-refractivity contribution >= 4 is 11.8 Å². The molecule has 6 nitrogen and oxygen atoms in total. The third-order valence-electron chi connectivity index (χ3n) is 4.95. The van der Waals surface area contributed by atoms with Gasteiger partial charge in [0.25, 0.3) is 0 Å². The number of benzene rings is 1. The van der Waals surface area contributed by atoms with Gasteiger partial charge in [-0.1, -0.05) is 38.1 Å². The van der Waals surface area contributed by atoms with Crippen LogP contribution in [0.15, 0.2) is 36.5 Å². The fraction of sp³-hybridized carbons (Fsp3) is 0.409. The van der Waals surface area contributed by atoms with Crippen molar-refractivity contribution in [1.82, 2.24) is 4.98 Å². The third-order valence-corrected chi connectivity index (χ3v) is 4.95. The van der Waals surface area contributed by atoms with Crippen LogP contribution in [0.3, 0.4) is 0 Å². The molecule has 3 atom stereocenters. The number of carbonyl (C=O) groups is 2. The summed E-state index contributed by atoms with van der Waals surface area (Å²) in [5, 5.41) is 10.1. The SMILES string of the molecule is COc1ccnc(C(=O)C[C@@H](C)C(=O)O[C@@H](C)[C@@H](C)c2ccccc2C)c1O. The molecule has 0 aliphatic carbocycles. The van der Waals surface area contributed by atoms with Gasteiger partial charge in [-0.3, -0.25) is 9.59 Å². The second kappa shape index (κ2) is 9.35. The molecule has 2 aromatic rings. The van der Waals surface area contributed by atoms with Gasteiger partial charge in [0.05, 0.1) is 13.0 Å². The number of hydrogen-bond acceptors (Lipinski definition) is 6. The Kier molecular flexibility index (Phi) is 7.15. The molecule has 0 aliphatic heterocycles. The summed E-state index contributed by atoms with van der Waals surface area (Å²) in [4.78, 5) is 28.8. The van der Waals surface area contributed by atoms with Crippen molar-refractivity contribution in [2.45, 2.75) is 46.1 Å². The van der Waals surface area contributed by atoms with Gasteiger partial charge >= 0.3 is 5.97 Å². The van der Waals surface area contributed by atoms with Gasteiger partial charge in [-0.25, -0.2) is 4.98 Å². The molecule has 0 fully saturated rings. The number of ether oxygens (including phenoxy) is 2. The van der Waals surface area contributed by atoms with Crippen molar-refractivity contribution in [3.8, 4) is 11.5 Å². The Morgan fingerprint density at radius 3 is 2.46 bits per heavy atom. The van der Waals surface area contributed by atoms with E-state index in [1.807, 2.05) is 45.0 Å². The van der Waals surface area contributed by atoms with Crippen molar-refractivity contribution in [1.29, 1.82) is 0 Å². The number of aromatic hydroxyl groups is 1. The van der Waals surface area contributed by atoms with Crippen LogP contribution >= 0.6 is 0 Å². The standard InChI is InChI=1S/C22H27NO5/c1-13-8-6-7-9-17(13)15(3)16(4)28-22(26)14(2)12-18(24)20-21(25)19(27-5)10-11-23-20/h6-11,14-16,25H,12H2,1-5H3/t14-,15-,16+/m1/s1. The lowest BCUT2D eigenvalue weighted by atomic mass is 9.92. The first kappa shape index (κ1) is 21.4. The lowest BCUT2D eigenvalue weighted by Crippen LogP contribution is -2.26. The van der Waals surface area contributed by atoms with Crippen LogP contribution in [-0.4, -0.2) is 35.1 Å². The largest absolute Gasteiger partial charge is 0.503 e. The van der Waals surface area contributed by atoms with Gasteiger partial charge in [0.1, 0.15) is 6.10 Å². The zero-order valence-corrected chi connectivity index (χ0v) is 16.9. The van der Waals surface area contributed by atoms with Crippen molar-refractivity contribution < 1.29 is 24.2 Å². The molecule has 1 heterocycles. The van der Waals surface area contributed by atoms with Gasteiger partial charge in [0.15, 0.2) is 23.0 Å². The fourth-order valence-corrected chi connectivity index (χ4v) is 3.02. The van der Waals surface area contributed by atoms with Crippen LogP contribution in [-0.2, 0) is 9.53 Å². The van der Waals surface area contributed by atoms with E-state index in [4.69, 9.17) is 9.47 Å². The second-order valence-electron chi connectivity index (χ2n) is 7.03. The normalized spacial score (nSPS) is 14.0. The number of pyridine rings is 1. The lowest BCUT2D eigenvalue weighted by molar-refractivity contribution is -0.153. The number of rotatable bonds is 8. The lowest BCUT2D eigenvalue weighted by Gasteiger charge is -2.23. The predicted octanol–water partition coefficient (Wildman–Crippen LogP) is 4.05. The van der Waals surface area contributed by atoms with Crippen molar-refractivity contribution in [2.24, 2.45) is 5.92 Å². The molecule has 0 spiro atoms. The van der Waals surface area contributed by atoms with Crippen LogP contribution < -0.4 is 4.74 Å². The minimum atomic E-state index is -0.661. The first-order chi connectivity index (χ1) is 13.3. The maximum absolute atomic E-state index is 12.5. The summed E-state index contributed by atoms with van der Waals surface area (Å²) in [5.41, 5.74) is 2.15. The Hall–Kier alpha value is -2.89. The van der Waals surface area contributed by atoms with Crippen LogP contribution in [0.1, 0.15) is 54.7 Å². The molecule has 0 saturated heterocycles. The number of hydrogen-bond donors (Lipinski definition) is 1. The highest BCUT2D eigenvalue weighted by Crippen LogP contribution is 2.29. The average Bonchev–Trinajstić information content (AvgIpc) is 2.67. The van der Waals surface area contributed by atoms with Crippen molar-refractivity contribution in [2.75, 3.05) is 7.11 Å². The summed E-state index contributed by atoms with van der Waals surface area (Å²) in [6, 6.07) is 9.43. The zero-order chi connectivity index (χ0) is 20.8. The van der Waals surface area contributed by atoms with E-state index in [0.717, 1.165) is 11.1 Å². The maximum Gasteiger partial charge on any atom is 0.309 e. The minimum absolute atomic E-state index is 0.0251. The number of aromatic nitrogens is 1. The highest BCUT2D eigenvalue weighted by Gasteiger charge is 2.26. The summed E-state index contributed by atoms with van der Waals surface area (Å²) in [5.74, 6) is -1.70. The van der Waals surface area contributed by atoms with E-state index in [9.17, 15) is 14.7 Å². The number of aryl methyl sites for hydroxylation is 1. The molecule has 6 heteroatoms. The molecule has 1 N–H and O–H groups in total. The summed E-state index contributed by atoms with van der Waals surface area (Å²) >= 11 is 0. The summed E-state index contributed by atoms with van der Waals surface area (Å²) in [7, 11) is 1.39. The van der Waals surface area contributed by atoms with Gasteiger partial charge in [-0.15, -0.1) is 0 Å². The monoisotopic (exact) mass is 385 g/mol. The number of esters is 1. The van der Waals surface area contributed by atoms with Gasteiger partial charge in [-0.2, -0.15) is 0 Å². The number of Topliss-reactive ketones (excluding diaryl/α,β-unsaturated/α-hetero) is 1. The quantitative estimate of drug-likeness (QED) is 0.545. The van der Waals surface area contributed by atoms with Crippen LogP contribution in [0.25, 0.3) is 0 Å². The van der Waals surface area contributed by atoms with Gasteiger partial charge in [0, 0.05) is 24.6 Å². The zero-order valence-electron chi connectivity index (χ0n) is 16.9. The highest BCUT2D eigenvalue weighted by molar-refractivity contribution is 5.99. The van der Waals surface area contributed by atoms with Gasteiger partial charge < -0.3 is 14.6 Å². The maximum atomic E-state index is 12.5. The van der Waals surface area contributed by atoms with Gasteiger partial charge in [-0.05, 0) is 25.0 Å². The summed E-state index contributed by atoms with van der Waals surface area (Å²) < 4.78 is 10.6. The van der Waals surface area contributed by atoms with Crippen LogP contribution in [0, 0.1) is 12.8 Å². The molecule has 150 valence electrons. The molecule has 1 aromatic carbocycles. The smallest absolute Gasteiger partial charge is 0.309 e. The number of methoxy groups -OCH3 is 1. The molecule has 0 bridgehead atoms. The molecule has 0 aliphatic rings. The summed E-state index contributed by atoms with van der Waals surface area (Å²) in [6.45, 7) is 7.51. The molecule has 1 aromatic heterocycles. The van der Waals surface area contributed by atoms with Crippen LogP contribution in [0.5, 0.6) is 11.5 Å². The van der Waals surface area contributed by atoms with E-state index in [1.54, 1.807) is 6.92 Å². The van der Waals surface area contributed by atoms with E-state index in [2.05, 4.69) is 4.98 Å². The predicted molar refractivity (Wildman–Crippen MR) is 106 cm³/mol. The molecule has 0 radical (unpaired) electrons. The van der Waals surface area contributed by atoms with E-state index < -0.39 is 17.7 Å². The average molecular weight is 385 g/mol. The third kappa shape index (κ3) is 4.88. The second-order valence-corrected chi connectivity index (χ2v) is 7.03. The molecular formula is C22H27NO5. The Balaban J connectivity index is 2.01. The first-order valence-corrected chi connectivity index (χ1v) is 9.27. The molecule has 2 rings (SSSR count). The molecular weight excluding hydrogens is 358 g/mol. The molecule has 28 heavy (non-hydrogen) atoms.